The molecule has 0 spiro atoms. The number of anilines is 2. The Morgan fingerprint density at radius 3 is 2.91 bits per heavy atom. The molecule has 3 aromatic rings. The minimum atomic E-state index is -0.381. The predicted molar refractivity (Wildman–Crippen MR) is 164 cm³/mol. The molecule has 43 heavy (non-hydrogen) atoms. The number of fused-ring (bicyclic) bond motifs is 1. The van der Waals surface area contributed by atoms with E-state index in [-0.39, 0.29) is 18.0 Å². The minimum absolute atomic E-state index is 0.104. The summed E-state index contributed by atoms with van der Waals surface area (Å²) >= 11 is 7.53. The highest BCUT2D eigenvalue weighted by atomic mass is 35.5. The molecular formula is C28H35ClN8O5S. The zero-order valence-electron chi connectivity index (χ0n) is 24.0. The van der Waals surface area contributed by atoms with Gasteiger partial charge in [-0.3, -0.25) is 9.69 Å². The Bertz CT molecular complexity index is 1520. The van der Waals surface area contributed by atoms with Crippen LogP contribution in [0.4, 0.5) is 16.3 Å². The number of nitrogen functional groups attached to an aromatic ring is 1. The van der Waals surface area contributed by atoms with Crippen LogP contribution in [0.5, 0.6) is 5.75 Å². The molecular weight excluding hydrogens is 596 g/mol. The lowest BCUT2D eigenvalue weighted by Crippen LogP contribution is -2.47. The number of hydrogen-bond acceptors (Lipinski definition) is 11. The molecule has 2 fully saturated rings. The third-order valence-electron chi connectivity index (χ3n) is 7.98. The van der Waals surface area contributed by atoms with E-state index < -0.39 is 0 Å². The van der Waals surface area contributed by atoms with E-state index in [1.165, 1.54) is 24.8 Å². The zero-order chi connectivity index (χ0) is 29.9. The standard InChI is InChI=1S/C28H35ClN8O5S/c1-40-28(39)36-6-4-18(15-36)20-13-21(24-26(30)31-17-32-37(20)24)35-5-2-3-19(16-35)33-27(38)25-22(14-23(29)43-25)42-12-9-34-7-10-41-11-8-34/h4,13-14,17,19H,2-3,5-12,15-16H2,1H3,(H,33,38)(H2,30,31,32)/t19-/m1/s1. The van der Waals surface area contributed by atoms with Crippen molar-refractivity contribution in [2.45, 2.75) is 18.9 Å². The molecule has 15 heteroatoms. The van der Waals surface area contributed by atoms with Gasteiger partial charge < -0.3 is 35.1 Å². The van der Waals surface area contributed by atoms with Crippen molar-refractivity contribution in [2.75, 3.05) is 83.4 Å². The molecule has 0 aliphatic carbocycles. The Hall–Kier alpha value is -3.59. The fraction of sp³-hybridized carbons (Fsp3) is 0.500. The molecule has 0 bridgehead atoms. The Labute approximate surface area is 258 Å². The van der Waals surface area contributed by atoms with Gasteiger partial charge in [0.1, 0.15) is 29.1 Å². The van der Waals surface area contributed by atoms with Crippen LogP contribution in [-0.2, 0) is 9.47 Å². The second-order valence-electron chi connectivity index (χ2n) is 10.7. The lowest BCUT2D eigenvalue weighted by Gasteiger charge is -2.34. The minimum Gasteiger partial charge on any atom is -0.490 e. The summed E-state index contributed by atoms with van der Waals surface area (Å²) in [5.41, 5.74) is 9.73. The van der Waals surface area contributed by atoms with Gasteiger partial charge in [0, 0.05) is 51.4 Å². The van der Waals surface area contributed by atoms with Gasteiger partial charge in [-0.2, -0.15) is 5.10 Å². The largest absolute Gasteiger partial charge is 0.490 e. The van der Waals surface area contributed by atoms with Gasteiger partial charge in [0.05, 0.1) is 42.6 Å². The summed E-state index contributed by atoms with van der Waals surface area (Å²) in [5, 5.41) is 7.69. The topological polar surface area (TPSA) is 140 Å². The van der Waals surface area contributed by atoms with E-state index in [0.29, 0.717) is 52.5 Å². The molecule has 3 aliphatic rings. The molecule has 2 saturated heterocycles. The van der Waals surface area contributed by atoms with E-state index in [9.17, 15) is 9.59 Å². The van der Waals surface area contributed by atoms with Crippen LogP contribution in [0.15, 0.2) is 24.5 Å². The van der Waals surface area contributed by atoms with E-state index in [1.807, 2.05) is 12.1 Å². The summed E-state index contributed by atoms with van der Waals surface area (Å²) in [6.07, 6.45) is 4.74. The van der Waals surface area contributed by atoms with E-state index in [2.05, 4.69) is 25.2 Å². The summed E-state index contributed by atoms with van der Waals surface area (Å²) in [5.74, 6) is 0.666. The number of amides is 2. The highest BCUT2D eigenvalue weighted by Gasteiger charge is 2.30. The average molecular weight is 631 g/mol. The van der Waals surface area contributed by atoms with Crippen molar-refractivity contribution in [1.29, 1.82) is 0 Å². The number of carbonyl (C=O) groups excluding carboxylic acids is 2. The highest BCUT2D eigenvalue weighted by Crippen LogP contribution is 2.36. The predicted octanol–water partition coefficient (Wildman–Crippen LogP) is 2.60. The molecule has 2 amide bonds. The van der Waals surface area contributed by atoms with Crippen molar-refractivity contribution in [2.24, 2.45) is 0 Å². The molecule has 0 saturated carbocycles. The molecule has 3 aliphatic heterocycles. The number of nitrogens with zero attached hydrogens (tertiary/aromatic N) is 6. The second kappa shape index (κ2) is 13.0. The number of piperidine rings is 1. The first kappa shape index (κ1) is 29.5. The number of hydrogen-bond donors (Lipinski definition) is 2. The molecule has 3 N–H and O–H groups in total. The maximum Gasteiger partial charge on any atom is 0.410 e. The SMILES string of the molecule is COC(=O)N1CC=C(c2cc(N3CCC[C@@H](NC(=O)c4sc(Cl)cc4OCCN4CCOCC4)C3)c3c(N)ncnn23)C1. The van der Waals surface area contributed by atoms with E-state index in [0.717, 1.165) is 69.2 Å². The van der Waals surface area contributed by atoms with Gasteiger partial charge >= 0.3 is 6.09 Å². The monoisotopic (exact) mass is 630 g/mol. The number of rotatable bonds is 8. The third kappa shape index (κ3) is 6.37. The smallest absolute Gasteiger partial charge is 0.410 e. The number of nitrogens with two attached hydrogens (primary N) is 1. The fourth-order valence-corrected chi connectivity index (χ4v) is 6.87. The summed E-state index contributed by atoms with van der Waals surface area (Å²) in [6, 6.07) is 3.65. The van der Waals surface area contributed by atoms with Gasteiger partial charge in [-0.25, -0.2) is 14.3 Å². The van der Waals surface area contributed by atoms with Crippen molar-refractivity contribution in [3.63, 3.8) is 0 Å². The van der Waals surface area contributed by atoms with Crippen molar-refractivity contribution >= 4 is 57.5 Å². The summed E-state index contributed by atoms with van der Waals surface area (Å²) in [7, 11) is 1.37. The summed E-state index contributed by atoms with van der Waals surface area (Å²) < 4.78 is 18.6. The first-order chi connectivity index (χ1) is 20.9. The first-order valence-corrected chi connectivity index (χ1v) is 15.5. The maximum absolute atomic E-state index is 13.4. The van der Waals surface area contributed by atoms with Gasteiger partial charge in [-0.05, 0) is 24.5 Å². The molecule has 3 aromatic heterocycles. The van der Waals surface area contributed by atoms with Gasteiger partial charge in [0.15, 0.2) is 5.82 Å². The number of aromatic nitrogens is 3. The van der Waals surface area contributed by atoms with Gasteiger partial charge in [-0.1, -0.05) is 17.7 Å². The van der Waals surface area contributed by atoms with Crippen molar-refractivity contribution in [3.8, 4) is 5.75 Å². The summed E-state index contributed by atoms with van der Waals surface area (Å²) in [4.78, 5) is 36.3. The highest BCUT2D eigenvalue weighted by molar-refractivity contribution is 7.18. The molecule has 0 unspecified atom stereocenters. The van der Waals surface area contributed by atoms with Gasteiger partial charge in [0.25, 0.3) is 5.91 Å². The Morgan fingerprint density at radius 2 is 2.09 bits per heavy atom. The van der Waals surface area contributed by atoms with E-state index in [1.54, 1.807) is 15.5 Å². The van der Waals surface area contributed by atoms with Crippen molar-refractivity contribution in [1.82, 2.24) is 29.7 Å². The van der Waals surface area contributed by atoms with Crippen LogP contribution in [0, 0.1) is 0 Å². The van der Waals surface area contributed by atoms with E-state index >= 15 is 0 Å². The van der Waals surface area contributed by atoms with Crippen LogP contribution in [0.1, 0.15) is 28.2 Å². The van der Waals surface area contributed by atoms with Crippen LogP contribution in [0.25, 0.3) is 11.1 Å². The molecule has 0 aromatic carbocycles. The van der Waals surface area contributed by atoms with Crippen LogP contribution < -0.4 is 20.7 Å². The molecule has 0 radical (unpaired) electrons. The lowest BCUT2D eigenvalue weighted by atomic mass is 10.0. The third-order valence-corrected chi connectivity index (χ3v) is 9.23. The number of halogens is 1. The van der Waals surface area contributed by atoms with Crippen LogP contribution in [0.3, 0.4) is 0 Å². The van der Waals surface area contributed by atoms with Crippen LogP contribution in [0.2, 0.25) is 4.34 Å². The van der Waals surface area contributed by atoms with E-state index in [4.69, 9.17) is 31.5 Å². The van der Waals surface area contributed by atoms with Gasteiger partial charge in [-0.15, -0.1) is 11.3 Å². The number of morpholine rings is 1. The second-order valence-corrected chi connectivity index (χ2v) is 12.4. The first-order valence-electron chi connectivity index (χ1n) is 14.3. The fourth-order valence-electron chi connectivity index (χ4n) is 5.81. The number of thiophene rings is 1. The molecule has 1 atom stereocenters. The molecule has 6 heterocycles. The molecule has 6 rings (SSSR count). The quantitative estimate of drug-likeness (QED) is 0.382. The number of carbonyl (C=O) groups is 2. The van der Waals surface area contributed by atoms with Crippen molar-refractivity contribution in [3.05, 3.63) is 39.4 Å². The van der Waals surface area contributed by atoms with Crippen molar-refractivity contribution < 1.29 is 23.8 Å². The molecule has 230 valence electrons. The Balaban J connectivity index is 1.15. The maximum atomic E-state index is 13.4. The number of nitrogens with one attached hydrogen (secondary N) is 1. The zero-order valence-corrected chi connectivity index (χ0v) is 25.5. The molecule has 13 nitrogen and oxygen atoms in total. The van der Waals surface area contributed by atoms with Crippen LogP contribution in [-0.4, -0.2) is 115 Å². The Kier molecular flexibility index (Phi) is 8.88. The van der Waals surface area contributed by atoms with Gasteiger partial charge in [0.2, 0.25) is 0 Å². The summed E-state index contributed by atoms with van der Waals surface area (Å²) in [6.45, 7) is 6.64. The normalized spacial score (nSPS) is 19.5. The average Bonchev–Trinajstić information content (AvgIpc) is 3.75. The van der Waals surface area contributed by atoms with Crippen LogP contribution >= 0.6 is 22.9 Å². The Morgan fingerprint density at radius 1 is 1.26 bits per heavy atom. The number of ether oxygens (including phenoxy) is 3. The number of methoxy groups -OCH3 is 1. The lowest BCUT2D eigenvalue weighted by molar-refractivity contribution is 0.0322.